The van der Waals surface area contributed by atoms with Gasteiger partial charge in [-0.25, -0.2) is 4.39 Å². The number of nitro groups is 1. The van der Waals surface area contributed by atoms with Gasteiger partial charge >= 0.3 is 11.8 Å². The Morgan fingerprint density at radius 3 is 2.42 bits per heavy atom. The molecule has 1 saturated heterocycles. The Balaban J connectivity index is 1.34. The van der Waals surface area contributed by atoms with Crippen molar-refractivity contribution in [2.75, 3.05) is 49.5 Å². The summed E-state index contributed by atoms with van der Waals surface area (Å²) in [5, 5.41) is 15.7. The number of nitrogens with zero attached hydrogens (tertiary/aromatic N) is 3. The van der Waals surface area contributed by atoms with Crippen molar-refractivity contribution in [2.45, 2.75) is 6.42 Å². The van der Waals surface area contributed by atoms with Crippen molar-refractivity contribution in [1.82, 2.24) is 10.2 Å². The van der Waals surface area contributed by atoms with E-state index in [0.717, 1.165) is 38.4 Å². The van der Waals surface area contributed by atoms with Crippen molar-refractivity contribution in [1.29, 1.82) is 0 Å². The molecule has 31 heavy (non-hydrogen) atoms. The molecule has 0 radical (unpaired) electrons. The minimum Gasteiger partial charge on any atom is -0.369 e. The van der Waals surface area contributed by atoms with Crippen LogP contribution in [-0.2, 0) is 9.59 Å². The predicted octanol–water partition coefficient (Wildman–Crippen LogP) is 2.00. The number of anilines is 2. The number of piperazine rings is 1. The number of nitro benzene ring substituents is 1. The third-order valence-corrected chi connectivity index (χ3v) is 5.02. The Morgan fingerprint density at radius 2 is 1.74 bits per heavy atom. The molecule has 10 heteroatoms. The monoisotopic (exact) mass is 429 g/mol. The minimum atomic E-state index is -0.867. The lowest BCUT2D eigenvalue weighted by Gasteiger charge is -2.36. The minimum absolute atomic E-state index is 0.169. The molecule has 0 aromatic heterocycles. The summed E-state index contributed by atoms with van der Waals surface area (Å²) in [6, 6.07) is 11.9. The molecule has 9 nitrogen and oxygen atoms in total. The lowest BCUT2D eigenvalue weighted by atomic mass is 10.2. The van der Waals surface area contributed by atoms with E-state index in [-0.39, 0.29) is 17.2 Å². The van der Waals surface area contributed by atoms with Gasteiger partial charge < -0.3 is 15.5 Å². The van der Waals surface area contributed by atoms with E-state index in [1.807, 2.05) is 0 Å². The average Bonchev–Trinajstić information content (AvgIpc) is 2.77. The van der Waals surface area contributed by atoms with E-state index in [1.54, 1.807) is 12.1 Å². The molecule has 0 aliphatic carbocycles. The predicted molar refractivity (Wildman–Crippen MR) is 114 cm³/mol. The molecule has 2 aromatic carbocycles. The molecule has 1 aliphatic rings. The van der Waals surface area contributed by atoms with Crippen molar-refractivity contribution in [3.05, 3.63) is 64.5 Å². The van der Waals surface area contributed by atoms with Crippen molar-refractivity contribution in [3.63, 3.8) is 0 Å². The molecule has 164 valence electrons. The second-order valence-corrected chi connectivity index (χ2v) is 7.18. The van der Waals surface area contributed by atoms with Crippen LogP contribution in [0.2, 0.25) is 0 Å². The highest BCUT2D eigenvalue weighted by Gasteiger charge is 2.18. The molecular weight excluding hydrogens is 405 g/mol. The summed E-state index contributed by atoms with van der Waals surface area (Å²) >= 11 is 0. The van der Waals surface area contributed by atoms with Gasteiger partial charge in [0.05, 0.1) is 4.92 Å². The largest absolute Gasteiger partial charge is 0.369 e. The van der Waals surface area contributed by atoms with Crippen molar-refractivity contribution in [2.24, 2.45) is 0 Å². The molecular formula is C21H24FN5O4. The van der Waals surface area contributed by atoms with Crippen LogP contribution < -0.4 is 15.5 Å². The summed E-state index contributed by atoms with van der Waals surface area (Å²) in [5.74, 6) is -1.90. The van der Waals surface area contributed by atoms with E-state index < -0.39 is 16.7 Å². The summed E-state index contributed by atoms with van der Waals surface area (Å²) in [6.45, 7) is 4.52. The molecule has 0 atom stereocenters. The Morgan fingerprint density at radius 1 is 1.03 bits per heavy atom. The summed E-state index contributed by atoms with van der Waals surface area (Å²) < 4.78 is 13.0. The fourth-order valence-corrected chi connectivity index (χ4v) is 3.35. The van der Waals surface area contributed by atoms with Crippen molar-refractivity contribution in [3.8, 4) is 0 Å². The second kappa shape index (κ2) is 10.5. The maximum atomic E-state index is 13.0. The van der Waals surface area contributed by atoms with Crippen LogP contribution in [0.3, 0.4) is 0 Å². The maximum Gasteiger partial charge on any atom is 0.313 e. The first-order valence-corrected chi connectivity index (χ1v) is 9.99. The van der Waals surface area contributed by atoms with Gasteiger partial charge in [-0.15, -0.1) is 0 Å². The molecule has 0 spiro atoms. The third-order valence-electron chi connectivity index (χ3n) is 5.02. The van der Waals surface area contributed by atoms with Gasteiger partial charge in [-0.2, -0.15) is 0 Å². The second-order valence-electron chi connectivity index (χ2n) is 7.18. The Hall–Kier alpha value is -3.53. The number of carbonyl (C=O) groups is 2. The van der Waals surface area contributed by atoms with Gasteiger partial charge in [0.15, 0.2) is 0 Å². The number of hydrogen-bond donors (Lipinski definition) is 2. The van der Waals surface area contributed by atoms with E-state index in [0.29, 0.717) is 13.0 Å². The molecule has 2 amide bonds. The van der Waals surface area contributed by atoms with E-state index in [4.69, 9.17) is 0 Å². The lowest BCUT2D eigenvalue weighted by Crippen LogP contribution is -2.47. The number of halogens is 1. The van der Waals surface area contributed by atoms with Crippen LogP contribution in [0.25, 0.3) is 0 Å². The number of amides is 2. The number of benzene rings is 2. The molecule has 2 aromatic rings. The van der Waals surface area contributed by atoms with Crippen LogP contribution in [0.5, 0.6) is 0 Å². The van der Waals surface area contributed by atoms with Crippen LogP contribution in [0.15, 0.2) is 48.5 Å². The molecule has 0 unspecified atom stereocenters. The van der Waals surface area contributed by atoms with Gasteiger partial charge in [-0.05, 0) is 43.3 Å². The fraction of sp³-hybridized carbons (Fsp3) is 0.333. The van der Waals surface area contributed by atoms with E-state index in [9.17, 15) is 24.1 Å². The first kappa shape index (κ1) is 22.2. The summed E-state index contributed by atoms with van der Waals surface area (Å²) in [5.41, 5.74) is 1.02. The fourth-order valence-electron chi connectivity index (χ4n) is 3.35. The molecule has 0 bridgehead atoms. The van der Waals surface area contributed by atoms with Crippen molar-refractivity contribution >= 4 is 28.9 Å². The number of carbonyl (C=O) groups excluding carboxylic acids is 2. The van der Waals surface area contributed by atoms with Crippen molar-refractivity contribution < 1.29 is 18.9 Å². The molecule has 1 fully saturated rings. The molecule has 3 rings (SSSR count). The van der Waals surface area contributed by atoms with Crippen LogP contribution in [0, 0.1) is 15.9 Å². The van der Waals surface area contributed by atoms with Gasteiger partial charge in [0.25, 0.3) is 5.69 Å². The number of nitrogens with one attached hydrogen (secondary N) is 2. The first-order valence-electron chi connectivity index (χ1n) is 9.99. The normalized spacial score (nSPS) is 14.2. The lowest BCUT2D eigenvalue weighted by molar-refractivity contribution is -0.384. The van der Waals surface area contributed by atoms with Crippen LogP contribution in [0.4, 0.5) is 21.5 Å². The zero-order valence-electron chi connectivity index (χ0n) is 16.9. The van der Waals surface area contributed by atoms with E-state index >= 15 is 0 Å². The smallest absolute Gasteiger partial charge is 0.313 e. The van der Waals surface area contributed by atoms with E-state index in [1.165, 1.54) is 36.4 Å². The Bertz CT molecular complexity index is 930. The third kappa shape index (κ3) is 6.48. The molecule has 1 heterocycles. The molecule has 1 aliphatic heterocycles. The number of non-ortho nitro benzene ring substituents is 1. The van der Waals surface area contributed by atoms with Gasteiger partial charge in [0.2, 0.25) is 0 Å². The zero-order valence-corrected chi connectivity index (χ0v) is 16.9. The maximum absolute atomic E-state index is 13.0. The summed E-state index contributed by atoms with van der Waals surface area (Å²) in [6.07, 6.45) is 0.687. The topological polar surface area (TPSA) is 108 Å². The SMILES string of the molecule is O=C(NCCCN1CCN(c2ccc(F)cc2)CC1)C(=O)Nc1cccc([N+](=O)[O-])c1. The van der Waals surface area contributed by atoms with Crippen LogP contribution in [0.1, 0.15) is 6.42 Å². The molecule has 0 saturated carbocycles. The van der Waals surface area contributed by atoms with Gasteiger partial charge in [-0.3, -0.25) is 24.6 Å². The number of rotatable bonds is 7. The first-order chi connectivity index (χ1) is 14.9. The zero-order chi connectivity index (χ0) is 22.2. The summed E-state index contributed by atoms with van der Waals surface area (Å²) in [4.78, 5) is 38.6. The average molecular weight is 429 g/mol. The van der Waals surface area contributed by atoms with Gasteiger partial charge in [-0.1, -0.05) is 6.07 Å². The van der Waals surface area contributed by atoms with Gasteiger partial charge in [0.1, 0.15) is 5.82 Å². The van der Waals surface area contributed by atoms with Crippen LogP contribution in [-0.4, -0.2) is 60.9 Å². The highest BCUT2D eigenvalue weighted by atomic mass is 19.1. The quantitative estimate of drug-likeness (QED) is 0.302. The number of hydrogen-bond acceptors (Lipinski definition) is 6. The highest BCUT2D eigenvalue weighted by Crippen LogP contribution is 2.18. The van der Waals surface area contributed by atoms with Gasteiger partial charge in [0, 0.05) is 56.2 Å². The molecule has 2 N–H and O–H groups in total. The summed E-state index contributed by atoms with van der Waals surface area (Å²) in [7, 11) is 0. The van der Waals surface area contributed by atoms with Crippen LogP contribution >= 0.6 is 0 Å². The standard InChI is InChI=1S/C21H24FN5O4/c22-16-5-7-18(8-6-16)26-13-11-25(12-14-26)10-2-9-23-20(28)21(29)24-17-3-1-4-19(15-17)27(30)31/h1,3-8,15H,2,9-14H2,(H,23,28)(H,24,29). The Kier molecular flexibility index (Phi) is 7.50. The van der Waals surface area contributed by atoms with E-state index in [2.05, 4.69) is 20.4 Å². The highest BCUT2D eigenvalue weighted by molar-refractivity contribution is 6.39. The Labute approximate surface area is 179 Å².